The van der Waals surface area contributed by atoms with Gasteiger partial charge in [0.05, 0.1) is 4.92 Å². The number of rotatable bonds is 4. The van der Waals surface area contributed by atoms with Gasteiger partial charge < -0.3 is 10.2 Å². The Kier molecular flexibility index (Phi) is 3.81. The summed E-state index contributed by atoms with van der Waals surface area (Å²) >= 11 is 0. The average molecular weight is 337 g/mol. The van der Waals surface area contributed by atoms with Crippen LogP contribution in [0.15, 0.2) is 42.9 Å². The zero-order chi connectivity index (χ0) is 17.2. The van der Waals surface area contributed by atoms with E-state index in [4.69, 9.17) is 0 Å². The normalized spacial score (nSPS) is 17.0. The number of nitrogens with zero attached hydrogens (tertiary/aromatic N) is 6. The van der Waals surface area contributed by atoms with Crippen molar-refractivity contribution in [2.45, 2.75) is 12.5 Å². The molecule has 25 heavy (non-hydrogen) atoms. The molecule has 0 amide bonds. The largest absolute Gasteiger partial charge is 0.365 e. The van der Waals surface area contributed by atoms with Crippen LogP contribution in [0.5, 0.6) is 0 Å². The van der Waals surface area contributed by atoms with Crippen molar-refractivity contribution < 1.29 is 4.92 Å². The molecule has 1 N–H and O–H groups in total. The number of anilines is 2. The number of nitro groups is 1. The highest BCUT2D eigenvalue weighted by atomic mass is 16.6. The van der Waals surface area contributed by atoms with Crippen LogP contribution in [-0.2, 0) is 0 Å². The molecule has 0 bridgehead atoms. The Morgan fingerprint density at radius 3 is 2.84 bits per heavy atom. The van der Waals surface area contributed by atoms with Crippen molar-refractivity contribution in [3.63, 3.8) is 0 Å². The molecule has 4 rings (SSSR count). The molecule has 0 spiro atoms. The molecule has 1 fully saturated rings. The van der Waals surface area contributed by atoms with Gasteiger partial charge >= 0.3 is 0 Å². The minimum absolute atomic E-state index is 0.0138. The van der Waals surface area contributed by atoms with E-state index >= 15 is 0 Å². The molecule has 0 saturated carbocycles. The van der Waals surface area contributed by atoms with Crippen LogP contribution in [-0.4, -0.2) is 44.0 Å². The van der Waals surface area contributed by atoms with Crippen molar-refractivity contribution in [2.75, 3.05) is 23.3 Å². The summed E-state index contributed by atoms with van der Waals surface area (Å²) in [6, 6.07) is 7.15. The first kappa shape index (κ1) is 15.2. The van der Waals surface area contributed by atoms with Crippen molar-refractivity contribution in [3.8, 4) is 0 Å². The van der Waals surface area contributed by atoms with Crippen LogP contribution in [0.1, 0.15) is 6.42 Å². The standard InChI is InChI=1S/C16H15N7O2/c24-23(25)12-1-3-14(19-9-12)20-11-5-8-22(10-11)15-4-2-13-16(21-15)18-7-6-17-13/h1-4,6-7,9,11H,5,8,10H2,(H,19,20)/t11-/m1/s1. The van der Waals surface area contributed by atoms with E-state index in [0.29, 0.717) is 11.5 Å². The Morgan fingerprint density at radius 1 is 1.16 bits per heavy atom. The highest BCUT2D eigenvalue weighted by molar-refractivity contribution is 5.71. The molecule has 1 aliphatic heterocycles. The number of pyridine rings is 2. The predicted octanol–water partition coefficient (Wildman–Crippen LogP) is 2.02. The fraction of sp³-hybridized carbons (Fsp3) is 0.250. The monoisotopic (exact) mass is 337 g/mol. The number of hydrogen-bond donors (Lipinski definition) is 1. The summed E-state index contributed by atoms with van der Waals surface area (Å²) in [5, 5.41) is 14.0. The van der Waals surface area contributed by atoms with Crippen LogP contribution >= 0.6 is 0 Å². The fourth-order valence-corrected chi connectivity index (χ4v) is 2.90. The lowest BCUT2D eigenvalue weighted by molar-refractivity contribution is -0.385. The zero-order valence-electron chi connectivity index (χ0n) is 13.2. The van der Waals surface area contributed by atoms with Gasteiger partial charge in [0.1, 0.15) is 23.3 Å². The Bertz CT molecular complexity index is 916. The van der Waals surface area contributed by atoms with Crippen molar-refractivity contribution >= 4 is 28.5 Å². The summed E-state index contributed by atoms with van der Waals surface area (Å²) in [4.78, 5) is 29.5. The molecule has 0 unspecified atom stereocenters. The molecule has 3 aromatic rings. The highest BCUT2D eigenvalue weighted by Crippen LogP contribution is 2.22. The van der Waals surface area contributed by atoms with Gasteiger partial charge in [0, 0.05) is 37.6 Å². The molecule has 3 aromatic heterocycles. The highest BCUT2D eigenvalue weighted by Gasteiger charge is 2.24. The van der Waals surface area contributed by atoms with Crippen LogP contribution in [0.25, 0.3) is 11.2 Å². The first-order chi connectivity index (χ1) is 12.2. The van der Waals surface area contributed by atoms with E-state index in [0.717, 1.165) is 30.8 Å². The summed E-state index contributed by atoms with van der Waals surface area (Å²) in [5.41, 5.74) is 1.39. The van der Waals surface area contributed by atoms with E-state index in [-0.39, 0.29) is 11.7 Å². The predicted molar refractivity (Wildman–Crippen MR) is 92.5 cm³/mol. The zero-order valence-corrected chi connectivity index (χ0v) is 13.2. The van der Waals surface area contributed by atoms with Gasteiger partial charge in [0.2, 0.25) is 0 Å². The van der Waals surface area contributed by atoms with E-state index in [1.807, 2.05) is 12.1 Å². The smallest absolute Gasteiger partial charge is 0.287 e. The van der Waals surface area contributed by atoms with Gasteiger partial charge in [-0.25, -0.2) is 15.0 Å². The lowest BCUT2D eigenvalue weighted by Gasteiger charge is -2.18. The lowest BCUT2D eigenvalue weighted by atomic mass is 10.2. The maximum atomic E-state index is 10.7. The van der Waals surface area contributed by atoms with Gasteiger partial charge in [-0.05, 0) is 24.6 Å². The van der Waals surface area contributed by atoms with Gasteiger partial charge in [-0.3, -0.25) is 15.1 Å². The Labute approximate surface area is 142 Å². The molecule has 1 aliphatic rings. The third kappa shape index (κ3) is 3.16. The molecule has 1 saturated heterocycles. The van der Waals surface area contributed by atoms with E-state index in [1.165, 1.54) is 12.3 Å². The number of aromatic nitrogens is 4. The Morgan fingerprint density at radius 2 is 2.04 bits per heavy atom. The molecular formula is C16H15N7O2. The van der Waals surface area contributed by atoms with E-state index in [2.05, 4.69) is 30.2 Å². The van der Waals surface area contributed by atoms with Crippen LogP contribution < -0.4 is 10.2 Å². The van der Waals surface area contributed by atoms with Gasteiger partial charge in [-0.1, -0.05) is 0 Å². The minimum atomic E-state index is -0.456. The Hall–Kier alpha value is -3.36. The van der Waals surface area contributed by atoms with Crippen LogP contribution in [0.2, 0.25) is 0 Å². The molecule has 0 aromatic carbocycles. The SMILES string of the molecule is O=[N+]([O-])c1ccc(N[C@@H]2CCN(c3ccc4nccnc4n3)C2)nc1. The van der Waals surface area contributed by atoms with Gasteiger partial charge in [0.25, 0.3) is 5.69 Å². The van der Waals surface area contributed by atoms with Crippen molar-refractivity contribution in [3.05, 3.63) is 53.0 Å². The number of nitrogens with one attached hydrogen (secondary N) is 1. The maximum absolute atomic E-state index is 10.7. The van der Waals surface area contributed by atoms with Crippen molar-refractivity contribution in [1.82, 2.24) is 19.9 Å². The van der Waals surface area contributed by atoms with Crippen LogP contribution in [0.4, 0.5) is 17.3 Å². The third-order valence-electron chi connectivity index (χ3n) is 4.14. The average Bonchev–Trinajstić information content (AvgIpc) is 3.10. The van der Waals surface area contributed by atoms with Gasteiger partial charge in [-0.2, -0.15) is 0 Å². The topological polar surface area (TPSA) is 110 Å². The molecule has 0 aliphatic carbocycles. The minimum Gasteiger partial charge on any atom is -0.365 e. The molecular weight excluding hydrogens is 322 g/mol. The summed E-state index contributed by atoms with van der Waals surface area (Å²) in [6.45, 7) is 1.64. The first-order valence-electron chi connectivity index (χ1n) is 7.89. The van der Waals surface area contributed by atoms with Gasteiger partial charge in [-0.15, -0.1) is 0 Å². The second-order valence-electron chi connectivity index (χ2n) is 5.80. The molecule has 126 valence electrons. The Balaban J connectivity index is 1.44. The molecule has 9 heteroatoms. The van der Waals surface area contributed by atoms with Crippen molar-refractivity contribution in [2.24, 2.45) is 0 Å². The summed E-state index contributed by atoms with van der Waals surface area (Å²) < 4.78 is 0. The van der Waals surface area contributed by atoms with E-state index in [9.17, 15) is 10.1 Å². The first-order valence-corrected chi connectivity index (χ1v) is 7.89. The fourth-order valence-electron chi connectivity index (χ4n) is 2.90. The second kappa shape index (κ2) is 6.27. The molecule has 4 heterocycles. The number of fused-ring (bicyclic) bond motifs is 1. The van der Waals surface area contributed by atoms with E-state index < -0.39 is 4.92 Å². The summed E-state index contributed by atoms with van der Waals surface area (Å²) in [6.07, 6.45) is 5.47. The summed E-state index contributed by atoms with van der Waals surface area (Å²) in [5.74, 6) is 1.50. The van der Waals surface area contributed by atoms with E-state index in [1.54, 1.807) is 18.5 Å². The second-order valence-corrected chi connectivity index (χ2v) is 5.80. The van der Waals surface area contributed by atoms with Crippen molar-refractivity contribution in [1.29, 1.82) is 0 Å². The van der Waals surface area contributed by atoms with Crippen LogP contribution in [0, 0.1) is 10.1 Å². The van der Waals surface area contributed by atoms with Crippen LogP contribution in [0.3, 0.4) is 0 Å². The lowest BCUT2D eigenvalue weighted by Crippen LogP contribution is -2.26. The summed E-state index contributed by atoms with van der Waals surface area (Å²) in [7, 11) is 0. The van der Waals surface area contributed by atoms with Gasteiger partial charge in [0.15, 0.2) is 5.65 Å². The number of hydrogen-bond acceptors (Lipinski definition) is 8. The molecule has 1 atom stereocenters. The molecule has 9 nitrogen and oxygen atoms in total. The molecule has 0 radical (unpaired) electrons. The third-order valence-corrected chi connectivity index (χ3v) is 4.14. The maximum Gasteiger partial charge on any atom is 0.287 e. The quantitative estimate of drug-likeness (QED) is 0.569.